The van der Waals surface area contributed by atoms with Gasteiger partial charge in [-0.25, -0.2) is 4.39 Å². The van der Waals surface area contributed by atoms with Gasteiger partial charge in [0.05, 0.1) is 23.1 Å². The van der Waals surface area contributed by atoms with Crippen LogP contribution in [0.5, 0.6) is 0 Å². The second kappa shape index (κ2) is 8.65. The van der Waals surface area contributed by atoms with E-state index in [9.17, 15) is 23.9 Å². The molecule has 28 heavy (non-hydrogen) atoms. The van der Waals surface area contributed by atoms with E-state index < -0.39 is 35.4 Å². The minimum Gasteiger partial charge on any atom is -0.481 e. The first-order chi connectivity index (χ1) is 13.5. The van der Waals surface area contributed by atoms with E-state index in [1.54, 1.807) is 24.3 Å². The van der Waals surface area contributed by atoms with Crippen LogP contribution in [0.25, 0.3) is 0 Å². The minimum atomic E-state index is -0.970. The van der Waals surface area contributed by atoms with Gasteiger partial charge in [-0.1, -0.05) is 25.0 Å². The van der Waals surface area contributed by atoms with Crippen LogP contribution < -0.4 is 10.6 Å². The number of anilines is 2. The molecule has 2 unspecified atom stereocenters. The van der Waals surface area contributed by atoms with Gasteiger partial charge >= 0.3 is 5.97 Å². The third-order valence-corrected chi connectivity index (χ3v) is 4.95. The third-order valence-electron chi connectivity index (χ3n) is 4.95. The van der Waals surface area contributed by atoms with Crippen molar-refractivity contribution in [2.75, 3.05) is 10.6 Å². The largest absolute Gasteiger partial charge is 0.481 e. The normalized spacial score (nSPS) is 18.9. The summed E-state index contributed by atoms with van der Waals surface area (Å²) in [4.78, 5) is 36.8. The monoisotopic (exact) mass is 384 g/mol. The maximum Gasteiger partial charge on any atom is 0.307 e. The number of nitrogens with one attached hydrogen (secondary N) is 2. The van der Waals surface area contributed by atoms with E-state index in [0.29, 0.717) is 24.2 Å². The summed E-state index contributed by atoms with van der Waals surface area (Å²) in [5, 5.41) is 14.8. The predicted molar refractivity (Wildman–Crippen MR) is 103 cm³/mol. The van der Waals surface area contributed by atoms with E-state index in [4.69, 9.17) is 0 Å². The maximum atomic E-state index is 13.0. The fourth-order valence-corrected chi connectivity index (χ4v) is 3.49. The number of benzene rings is 2. The molecule has 0 heterocycles. The van der Waals surface area contributed by atoms with Crippen molar-refractivity contribution in [3.63, 3.8) is 0 Å². The number of para-hydroxylation sites is 1. The van der Waals surface area contributed by atoms with Crippen molar-refractivity contribution in [2.24, 2.45) is 11.8 Å². The molecule has 7 heteroatoms. The van der Waals surface area contributed by atoms with Crippen molar-refractivity contribution in [3.05, 3.63) is 59.9 Å². The smallest absolute Gasteiger partial charge is 0.307 e. The van der Waals surface area contributed by atoms with Crippen LogP contribution in [0, 0.1) is 17.7 Å². The average molecular weight is 384 g/mol. The molecular weight excluding hydrogens is 363 g/mol. The number of hydrogen-bond donors (Lipinski definition) is 3. The number of carboxylic acids is 1. The molecule has 2 aromatic carbocycles. The summed E-state index contributed by atoms with van der Waals surface area (Å²) in [6, 6.07) is 11.8. The van der Waals surface area contributed by atoms with Crippen LogP contribution in [-0.4, -0.2) is 22.9 Å². The zero-order valence-corrected chi connectivity index (χ0v) is 15.2. The van der Waals surface area contributed by atoms with Gasteiger partial charge in [0.25, 0.3) is 5.91 Å². The Labute approximate surface area is 161 Å². The molecule has 1 fully saturated rings. The van der Waals surface area contributed by atoms with Gasteiger partial charge in [0.15, 0.2) is 0 Å². The van der Waals surface area contributed by atoms with Crippen LogP contribution in [0.2, 0.25) is 0 Å². The lowest BCUT2D eigenvalue weighted by molar-refractivity contribution is -0.147. The number of aliphatic carboxylic acids is 1. The highest BCUT2D eigenvalue weighted by Gasteiger charge is 2.36. The van der Waals surface area contributed by atoms with Gasteiger partial charge in [-0.05, 0) is 49.2 Å². The average Bonchev–Trinajstić information content (AvgIpc) is 2.70. The first-order valence-corrected chi connectivity index (χ1v) is 9.15. The molecule has 2 aromatic rings. The molecule has 2 atom stereocenters. The topological polar surface area (TPSA) is 95.5 Å². The van der Waals surface area contributed by atoms with Crippen molar-refractivity contribution >= 4 is 29.2 Å². The molecule has 0 saturated heterocycles. The van der Waals surface area contributed by atoms with E-state index in [1.807, 2.05) is 0 Å². The highest BCUT2D eigenvalue weighted by Crippen LogP contribution is 2.31. The van der Waals surface area contributed by atoms with Crippen molar-refractivity contribution in [1.82, 2.24) is 0 Å². The summed E-state index contributed by atoms with van der Waals surface area (Å²) in [6.07, 6.45) is 2.57. The van der Waals surface area contributed by atoms with Crippen LogP contribution >= 0.6 is 0 Å². The predicted octanol–water partition coefficient (Wildman–Crippen LogP) is 3.91. The van der Waals surface area contributed by atoms with Gasteiger partial charge < -0.3 is 15.7 Å². The minimum absolute atomic E-state index is 0.239. The van der Waals surface area contributed by atoms with Crippen LogP contribution in [0.4, 0.5) is 15.8 Å². The first kappa shape index (κ1) is 19.5. The van der Waals surface area contributed by atoms with Gasteiger partial charge in [-0.15, -0.1) is 0 Å². The highest BCUT2D eigenvalue weighted by atomic mass is 19.1. The molecule has 1 saturated carbocycles. The molecule has 0 aromatic heterocycles. The zero-order valence-electron chi connectivity index (χ0n) is 15.2. The second-order valence-electron chi connectivity index (χ2n) is 6.83. The van der Waals surface area contributed by atoms with E-state index in [2.05, 4.69) is 10.6 Å². The molecule has 0 aliphatic heterocycles. The van der Waals surface area contributed by atoms with Crippen LogP contribution in [0.15, 0.2) is 48.5 Å². The van der Waals surface area contributed by atoms with Crippen LogP contribution in [0.3, 0.4) is 0 Å². The second-order valence-corrected chi connectivity index (χ2v) is 6.83. The SMILES string of the molecule is O=C(Nc1ccc(F)cc1)c1ccccc1NC(=O)C1CCCCC1C(=O)O. The number of halogens is 1. The summed E-state index contributed by atoms with van der Waals surface area (Å²) in [6.45, 7) is 0. The number of rotatable bonds is 5. The van der Waals surface area contributed by atoms with E-state index in [0.717, 1.165) is 12.8 Å². The van der Waals surface area contributed by atoms with Crippen molar-refractivity contribution in [2.45, 2.75) is 25.7 Å². The zero-order chi connectivity index (χ0) is 20.1. The summed E-state index contributed by atoms with van der Waals surface area (Å²) >= 11 is 0. The number of amides is 2. The Morgan fingerprint density at radius 2 is 1.54 bits per heavy atom. The molecule has 3 N–H and O–H groups in total. The molecule has 3 rings (SSSR count). The van der Waals surface area contributed by atoms with E-state index in [1.165, 1.54) is 24.3 Å². The standard InChI is InChI=1S/C21H21FN2O4/c22-13-9-11-14(12-10-13)23-20(26)17-7-3-4-8-18(17)24-19(25)15-5-1-2-6-16(15)21(27)28/h3-4,7-12,15-16H,1-2,5-6H2,(H,23,26)(H,24,25)(H,27,28). The van der Waals surface area contributed by atoms with Gasteiger partial charge in [0, 0.05) is 5.69 Å². The Morgan fingerprint density at radius 3 is 2.21 bits per heavy atom. The molecule has 2 amide bonds. The Kier molecular flexibility index (Phi) is 6.03. The van der Waals surface area contributed by atoms with Gasteiger partial charge in [-0.2, -0.15) is 0 Å². The van der Waals surface area contributed by atoms with Gasteiger partial charge in [0.2, 0.25) is 5.91 Å². The molecule has 0 radical (unpaired) electrons. The van der Waals surface area contributed by atoms with E-state index in [-0.39, 0.29) is 5.56 Å². The molecule has 146 valence electrons. The quantitative estimate of drug-likeness (QED) is 0.728. The fourth-order valence-electron chi connectivity index (χ4n) is 3.49. The number of carboxylic acid groups (broad SMARTS) is 1. The lowest BCUT2D eigenvalue weighted by Crippen LogP contribution is -2.36. The lowest BCUT2D eigenvalue weighted by Gasteiger charge is -2.27. The van der Waals surface area contributed by atoms with Crippen LogP contribution in [-0.2, 0) is 9.59 Å². The molecule has 6 nitrogen and oxygen atoms in total. The lowest BCUT2D eigenvalue weighted by atomic mass is 9.78. The summed E-state index contributed by atoms with van der Waals surface area (Å²) in [5.74, 6) is -3.57. The summed E-state index contributed by atoms with van der Waals surface area (Å²) < 4.78 is 13.0. The van der Waals surface area contributed by atoms with Gasteiger partial charge in [0.1, 0.15) is 5.82 Å². The number of carbonyl (C=O) groups is 3. The molecule has 1 aliphatic rings. The number of hydrogen-bond acceptors (Lipinski definition) is 3. The molecular formula is C21H21FN2O4. The Bertz CT molecular complexity index is 882. The Morgan fingerprint density at radius 1 is 0.893 bits per heavy atom. The molecule has 1 aliphatic carbocycles. The summed E-state index contributed by atoms with van der Waals surface area (Å²) in [5.41, 5.74) is 0.968. The van der Waals surface area contributed by atoms with Crippen molar-refractivity contribution in [1.29, 1.82) is 0 Å². The van der Waals surface area contributed by atoms with Crippen LogP contribution in [0.1, 0.15) is 36.0 Å². The maximum absolute atomic E-state index is 13.0. The molecule has 0 spiro atoms. The number of carbonyl (C=O) groups excluding carboxylic acids is 2. The van der Waals surface area contributed by atoms with Crippen molar-refractivity contribution < 1.29 is 23.9 Å². The highest BCUT2D eigenvalue weighted by molar-refractivity contribution is 6.10. The summed E-state index contributed by atoms with van der Waals surface area (Å²) in [7, 11) is 0. The fraction of sp³-hybridized carbons (Fsp3) is 0.286. The Balaban J connectivity index is 1.76. The molecule has 0 bridgehead atoms. The van der Waals surface area contributed by atoms with Gasteiger partial charge in [-0.3, -0.25) is 14.4 Å². The first-order valence-electron chi connectivity index (χ1n) is 9.15. The van der Waals surface area contributed by atoms with Crippen molar-refractivity contribution in [3.8, 4) is 0 Å². The Hall–Kier alpha value is -3.22. The van der Waals surface area contributed by atoms with E-state index >= 15 is 0 Å². The third kappa shape index (κ3) is 4.54.